The minimum absolute atomic E-state index is 0.180. The summed E-state index contributed by atoms with van der Waals surface area (Å²) < 4.78 is 5.46. The third-order valence-electron chi connectivity index (χ3n) is 4.42. The van der Waals surface area contributed by atoms with E-state index in [0.29, 0.717) is 12.8 Å². The van der Waals surface area contributed by atoms with Crippen LogP contribution in [0.15, 0.2) is 0 Å². The summed E-state index contributed by atoms with van der Waals surface area (Å²) in [5.74, 6) is 0.0976. The van der Waals surface area contributed by atoms with E-state index in [1.54, 1.807) is 0 Å². The van der Waals surface area contributed by atoms with E-state index in [-0.39, 0.29) is 11.9 Å². The molecule has 0 saturated heterocycles. The maximum absolute atomic E-state index is 11.9. The summed E-state index contributed by atoms with van der Waals surface area (Å²) in [7, 11) is 0. The fourth-order valence-electron chi connectivity index (χ4n) is 2.84. The number of halogens is 1. The van der Waals surface area contributed by atoms with Gasteiger partial charge >= 0.3 is 5.97 Å². The van der Waals surface area contributed by atoms with Crippen molar-refractivity contribution >= 4 is 23.9 Å². The van der Waals surface area contributed by atoms with Crippen molar-refractivity contribution in [1.29, 1.82) is 0 Å². The first-order valence-electron chi connectivity index (χ1n) is 9.92. The molecule has 3 nitrogen and oxygen atoms in total. The van der Waals surface area contributed by atoms with Gasteiger partial charge in [0.2, 0.25) is 0 Å². The first kappa shape index (κ1) is 23.4. The fraction of sp³-hybridized carbons (Fsp3) is 0.900. The summed E-state index contributed by atoms with van der Waals surface area (Å²) in [5, 5.41) is 0. The Kier molecular flexibility index (Phi) is 16.8. The maximum Gasteiger partial charge on any atom is 0.307 e. The number of ether oxygens (including phenoxy) is 1. The van der Waals surface area contributed by atoms with Crippen LogP contribution < -0.4 is 0 Å². The van der Waals surface area contributed by atoms with Crippen molar-refractivity contribution < 1.29 is 14.3 Å². The summed E-state index contributed by atoms with van der Waals surface area (Å²) in [6.07, 6.45) is 14.9. The van der Waals surface area contributed by atoms with Crippen LogP contribution in [0.25, 0.3) is 0 Å². The van der Waals surface area contributed by atoms with Crippen LogP contribution >= 0.6 is 11.6 Å². The molecular weight excluding hydrogens is 324 g/mol. The molecule has 0 rings (SSSR count). The number of carbonyl (C=O) groups excluding carboxylic acids is 2. The van der Waals surface area contributed by atoms with E-state index in [2.05, 4.69) is 13.8 Å². The zero-order valence-electron chi connectivity index (χ0n) is 15.7. The molecule has 0 amide bonds. The van der Waals surface area contributed by atoms with Crippen molar-refractivity contribution in [2.75, 3.05) is 0 Å². The standard InChI is InChI=1S/C20H37ClO3/c1-3-5-7-11-15-18(14-6-4-2)20(21)24-19(23)16-12-9-8-10-13-17-22/h17-18,20H,3-16H2,1-2H3. The second-order valence-electron chi connectivity index (χ2n) is 6.71. The van der Waals surface area contributed by atoms with Gasteiger partial charge in [-0.2, -0.15) is 0 Å². The number of rotatable bonds is 17. The van der Waals surface area contributed by atoms with E-state index in [4.69, 9.17) is 16.3 Å². The molecular formula is C20H37ClO3. The molecule has 2 atom stereocenters. The Morgan fingerprint density at radius 1 is 0.917 bits per heavy atom. The molecule has 0 aromatic heterocycles. The second-order valence-corrected chi connectivity index (χ2v) is 7.14. The number of hydrogen-bond acceptors (Lipinski definition) is 3. The number of alkyl halides is 1. The minimum Gasteiger partial charge on any atom is -0.446 e. The largest absolute Gasteiger partial charge is 0.446 e. The van der Waals surface area contributed by atoms with Crippen LogP contribution in [-0.2, 0) is 14.3 Å². The monoisotopic (exact) mass is 360 g/mol. The van der Waals surface area contributed by atoms with Gasteiger partial charge in [-0.05, 0) is 25.7 Å². The van der Waals surface area contributed by atoms with Crippen molar-refractivity contribution in [1.82, 2.24) is 0 Å². The van der Waals surface area contributed by atoms with E-state index >= 15 is 0 Å². The van der Waals surface area contributed by atoms with Crippen LogP contribution in [-0.4, -0.2) is 17.8 Å². The van der Waals surface area contributed by atoms with Gasteiger partial charge in [-0.25, -0.2) is 0 Å². The summed E-state index contributed by atoms with van der Waals surface area (Å²) in [6.45, 7) is 4.38. The predicted octanol–water partition coefficient (Wildman–Crippen LogP) is 6.41. The lowest BCUT2D eigenvalue weighted by atomic mass is 9.96. The quantitative estimate of drug-likeness (QED) is 0.130. The van der Waals surface area contributed by atoms with Gasteiger partial charge in [0.05, 0.1) is 0 Å². The first-order chi connectivity index (χ1) is 11.7. The van der Waals surface area contributed by atoms with Gasteiger partial charge in [0.15, 0.2) is 5.56 Å². The number of esters is 1. The van der Waals surface area contributed by atoms with E-state index in [1.165, 1.54) is 25.7 Å². The van der Waals surface area contributed by atoms with Gasteiger partial charge < -0.3 is 9.53 Å². The highest BCUT2D eigenvalue weighted by Crippen LogP contribution is 2.26. The van der Waals surface area contributed by atoms with Crippen LogP contribution in [0.4, 0.5) is 0 Å². The molecule has 0 fully saturated rings. The lowest BCUT2D eigenvalue weighted by Crippen LogP contribution is -2.22. The van der Waals surface area contributed by atoms with E-state index < -0.39 is 5.56 Å². The molecule has 2 unspecified atom stereocenters. The molecule has 0 aromatic carbocycles. The van der Waals surface area contributed by atoms with Gasteiger partial charge in [-0.15, -0.1) is 0 Å². The average molecular weight is 361 g/mol. The first-order valence-corrected chi connectivity index (χ1v) is 10.4. The Labute approximate surface area is 153 Å². The van der Waals surface area contributed by atoms with Gasteiger partial charge in [0.25, 0.3) is 0 Å². The Balaban J connectivity index is 4.00. The lowest BCUT2D eigenvalue weighted by molar-refractivity contribution is -0.147. The molecule has 0 bridgehead atoms. The molecule has 0 saturated carbocycles. The van der Waals surface area contributed by atoms with Crippen LogP contribution in [0.3, 0.4) is 0 Å². The van der Waals surface area contributed by atoms with Gasteiger partial charge in [-0.1, -0.05) is 76.8 Å². The fourth-order valence-corrected chi connectivity index (χ4v) is 3.19. The Hall–Kier alpha value is -0.570. The second kappa shape index (κ2) is 17.3. The smallest absolute Gasteiger partial charge is 0.307 e. The average Bonchev–Trinajstić information content (AvgIpc) is 2.57. The Bertz CT molecular complexity index is 307. The third kappa shape index (κ3) is 13.8. The molecule has 0 spiro atoms. The predicted molar refractivity (Wildman–Crippen MR) is 101 cm³/mol. The minimum atomic E-state index is -0.485. The summed E-state index contributed by atoms with van der Waals surface area (Å²) >= 11 is 6.39. The molecule has 0 heterocycles. The van der Waals surface area contributed by atoms with Crippen molar-refractivity contribution in [3.05, 3.63) is 0 Å². The number of hydrogen-bond donors (Lipinski definition) is 0. The molecule has 0 aliphatic carbocycles. The Morgan fingerprint density at radius 2 is 1.54 bits per heavy atom. The molecule has 0 aromatic rings. The zero-order valence-corrected chi connectivity index (χ0v) is 16.5. The number of carbonyl (C=O) groups is 2. The molecule has 0 N–H and O–H groups in total. The van der Waals surface area contributed by atoms with Gasteiger partial charge in [0.1, 0.15) is 6.29 Å². The highest BCUT2D eigenvalue weighted by molar-refractivity contribution is 6.20. The van der Waals surface area contributed by atoms with Crippen LogP contribution in [0.5, 0.6) is 0 Å². The van der Waals surface area contributed by atoms with Crippen molar-refractivity contribution in [3.8, 4) is 0 Å². The van der Waals surface area contributed by atoms with E-state index in [0.717, 1.165) is 57.7 Å². The highest BCUT2D eigenvalue weighted by atomic mass is 35.5. The molecule has 0 aliphatic rings. The molecule has 0 aliphatic heterocycles. The molecule has 24 heavy (non-hydrogen) atoms. The van der Waals surface area contributed by atoms with Crippen LogP contribution in [0.1, 0.15) is 104 Å². The highest BCUT2D eigenvalue weighted by Gasteiger charge is 2.22. The van der Waals surface area contributed by atoms with Gasteiger partial charge in [-0.3, -0.25) is 4.79 Å². The van der Waals surface area contributed by atoms with E-state index in [9.17, 15) is 9.59 Å². The van der Waals surface area contributed by atoms with Crippen molar-refractivity contribution in [2.45, 2.75) is 109 Å². The van der Waals surface area contributed by atoms with Crippen molar-refractivity contribution in [3.63, 3.8) is 0 Å². The molecule has 0 radical (unpaired) electrons. The topological polar surface area (TPSA) is 43.4 Å². The van der Waals surface area contributed by atoms with E-state index in [1.807, 2.05) is 0 Å². The van der Waals surface area contributed by atoms with Gasteiger partial charge in [0, 0.05) is 18.8 Å². The maximum atomic E-state index is 11.9. The van der Waals surface area contributed by atoms with Crippen LogP contribution in [0, 0.1) is 5.92 Å². The molecule has 142 valence electrons. The third-order valence-corrected chi connectivity index (χ3v) is 4.87. The Morgan fingerprint density at radius 3 is 2.21 bits per heavy atom. The van der Waals surface area contributed by atoms with Crippen LogP contribution in [0.2, 0.25) is 0 Å². The SMILES string of the molecule is CCCCCCC(CCCC)C(Cl)OC(=O)CCCCCCC=O. The normalized spacial score (nSPS) is 13.5. The van der Waals surface area contributed by atoms with Crippen molar-refractivity contribution in [2.24, 2.45) is 5.92 Å². The lowest BCUT2D eigenvalue weighted by Gasteiger charge is -2.22. The zero-order chi connectivity index (χ0) is 18.0. The summed E-state index contributed by atoms with van der Waals surface area (Å²) in [4.78, 5) is 22.2. The summed E-state index contributed by atoms with van der Waals surface area (Å²) in [6, 6.07) is 0. The number of aldehydes is 1. The number of unbranched alkanes of at least 4 members (excludes halogenated alkanes) is 8. The summed E-state index contributed by atoms with van der Waals surface area (Å²) in [5.41, 5.74) is -0.485. The molecule has 4 heteroatoms.